The van der Waals surface area contributed by atoms with E-state index in [1.54, 1.807) is 11.3 Å². The van der Waals surface area contributed by atoms with Gasteiger partial charge in [-0.3, -0.25) is 9.98 Å². The molecule has 1 aliphatic rings. The lowest BCUT2D eigenvalue weighted by atomic mass is 10.1. The maximum Gasteiger partial charge on any atom is 0.0898 e. The van der Waals surface area contributed by atoms with Crippen LogP contribution in [0.15, 0.2) is 53.1 Å². The fraction of sp³-hybridized carbons (Fsp3) is 0.250. The van der Waals surface area contributed by atoms with Crippen LogP contribution in [0.25, 0.3) is 21.3 Å². The van der Waals surface area contributed by atoms with Crippen molar-refractivity contribution in [1.82, 2.24) is 9.97 Å². The minimum absolute atomic E-state index is 0.310. The van der Waals surface area contributed by atoms with Crippen molar-refractivity contribution in [3.63, 3.8) is 0 Å². The number of aryl methyl sites for hydroxylation is 1. The first kappa shape index (κ1) is 15.2. The molecule has 3 aromatic rings. The highest BCUT2D eigenvalue weighted by atomic mass is 32.1. The number of hydrogen-bond donors (Lipinski definition) is 0. The fourth-order valence-electron chi connectivity index (χ4n) is 3.11. The van der Waals surface area contributed by atoms with Gasteiger partial charge in [-0.15, -0.1) is 11.3 Å². The molecule has 0 spiro atoms. The summed E-state index contributed by atoms with van der Waals surface area (Å²) < 4.78 is 1.25. The lowest BCUT2D eigenvalue weighted by Gasteiger charge is -2.05. The van der Waals surface area contributed by atoms with Crippen LogP contribution in [0, 0.1) is 6.92 Å². The predicted octanol–water partition coefficient (Wildman–Crippen LogP) is 5.19. The predicted molar refractivity (Wildman–Crippen MR) is 102 cm³/mol. The molecule has 0 fully saturated rings. The van der Waals surface area contributed by atoms with Gasteiger partial charge in [0.05, 0.1) is 27.7 Å². The van der Waals surface area contributed by atoms with Crippen LogP contribution in [0.2, 0.25) is 0 Å². The van der Waals surface area contributed by atoms with Crippen LogP contribution < -0.4 is 0 Å². The SMILES string of the molecule is CCCC1C=CC(c2cc(C)c3scc(-c4ccncc4)c3n2)=N1. The first-order valence-electron chi connectivity index (χ1n) is 8.32. The maximum atomic E-state index is 4.96. The number of allylic oxidation sites excluding steroid dienone is 1. The van der Waals surface area contributed by atoms with Gasteiger partial charge in [-0.2, -0.15) is 0 Å². The summed E-state index contributed by atoms with van der Waals surface area (Å²) in [5.74, 6) is 0. The van der Waals surface area contributed by atoms with E-state index in [-0.39, 0.29) is 0 Å². The zero-order valence-electron chi connectivity index (χ0n) is 13.9. The number of thiophene rings is 1. The van der Waals surface area contributed by atoms with Gasteiger partial charge in [0.2, 0.25) is 0 Å². The summed E-state index contributed by atoms with van der Waals surface area (Å²) in [5, 5.41) is 2.19. The molecule has 120 valence electrons. The molecule has 1 atom stereocenters. The van der Waals surface area contributed by atoms with E-state index in [1.807, 2.05) is 24.5 Å². The monoisotopic (exact) mass is 333 g/mol. The second-order valence-corrected chi connectivity index (χ2v) is 7.00. The molecule has 4 rings (SSSR count). The molecule has 3 nitrogen and oxygen atoms in total. The zero-order chi connectivity index (χ0) is 16.5. The van der Waals surface area contributed by atoms with Crippen LogP contribution in [-0.2, 0) is 0 Å². The van der Waals surface area contributed by atoms with Gasteiger partial charge in [-0.1, -0.05) is 19.4 Å². The Labute approximate surface area is 145 Å². The average Bonchev–Trinajstić information content (AvgIpc) is 3.23. The number of hydrogen-bond acceptors (Lipinski definition) is 4. The first-order valence-corrected chi connectivity index (χ1v) is 9.20. The van der Waals surface area contributed by atoms with Crippen molar-refractivity contribution in [2.45, 2.75) is 32.7 Å². The van der Waals surface area contributed by atoms with Crippen molar-refractivity contribution < 1.29 is 0 Å². The summed E-state index contributed by atoms with van der Waals surface area (Å²) in [7, 11) is 0. The summed E-state index contributed by atoms with van der Waals surface area (Å²) >= 11 is 1.75. The Kier molecular flexibility index (Phi) is 3.98. The quantitative estimate of drug-likeness (QED) is 0.658. The fourth-order valence-corrected chi connectivity index (χ4v) is 4.10. The van der Waals surface area contributed by atoms with Gasteiger partial charge in [0.1, 0.15) is 0 Å². The molecule has 0 saturated carbocycles. The third-order valence-corrected chi connectivity index (χ3v) is 5.43. The molecule has 0 saturated heterocycles. The Morgan fingerprint density at radius 2 is 2.04 bits per heavy atom. The number of nitrogens with zero attached hydrogens (tertiary/aromatic N) is 3. The number of aromatic nitrogens is 2. The van der Waals surface area contributed by atoms with Crippen LogP contribution in [-0.4, -0.2) is 21.7 Å². The van der Waals surface area contributed by atoms with E-state index in [4.69, 9.17) is 9.98 Å². The number of rotatable bonds is 4. The van der Waals surface area contributed by atoms with Gasteiger partial charge in [0, 0.05) is 23.3 Å². The van der Waals surface area contributed by atoms with Crippen LogP contribution in [0.4, 0.5) is 0 Å². The first-order chi connectivity index (χ1) is 11.8. The maximum absolute atomic E-state index is 4.96. The van der Waals surface area contributed by atoms with E-state index in [9.17, 15) is 0 Å². The topological polar surface area (TPSA) is 38.1 Å². The number of pyridine rings is 2. The molecular weight excluding hydrogens is 314 g/mol. The zero-order valence-corrected chi connectivity index (χ0v) is 14.7. The highest BCUT2D eigenvalue weighted by Gasteiger charge is 2.16. The Morgan fingerprint density at radius 3 is 2.83 bits per heavy atom. The van der Waals surface area contributed by atoms with E-state index >= 15 is 0 Å². The summed E-state index contributed by atoms with van der Waals surface area (Å²) in [6.07, 6.45) is 10.2. The molecule has 24 heavy (non-hydrogen) atoms. The Bertz CT molecular complexity index is 938. The normalized spacial score (nSPS) is 16.8. The Balaban J connectivity index is 1.82. The second kappa shape index (κ2) is 6.29. The van der Waals surface area contributed by atoms with E-state index in [0.717, 1.165) is 35.3 Å². The standard InChI is InChI=1S/C20H19N3S/c1-3-4-15-5-6-17(22-15)18-11-13(2)20-19(23-18)16(12-24-20)14-7-9-21-10-8-14/h5-12,15H,3-4H2,1-2H3. The van der Waals surface area contributed by atoms with Crippen molar-refractivity contribution in [3.05, 3.63) is 59.4 Å². The summed E-state index contributed by atoms with van der Waals surface area (Å²) in [5.41, 5.74) is 6.64. The van der Waals surface area contributed by atoms with E-state index in [0.29, 0.717) is 6.04 Å². The molecule has 3 aromatic heterocycles. The second-order valence-electron chi connectivity index (χ2n) is 6.12. The molecule has 1 unspecified atom stereocenters. The lowest BCUT2D eigenvalue weighted by Crippen LogP contribution is -2.02. The molecule has 0 aromatic carbocycles. The van der Waals surface area contributed by atoms with Gasteiger partial charge in [0.15, 0.2) is 0 Å². The Hall–Kier alpha value is -2.33. The van der Waals surface area contributed by atoms with Crippen molar-refractivity contribution in [3.8, 4) is 11.1 Å². The molecule has 1 aliphatic heterocycles. The van der Waals surface area contributed by atoms with Crippen molar-refractivity contribution in [2.24, 2.45) is 4.99 Å². The third kappa shape index (κ3) is 2.67. The average molecular weight is 333 g/mol. The summed E-state index contributed by atoms with van der Waals surface area (Å²) in [6.45, 7) is 4.35. The van der Waals surface area contributed by atoms with Gasteiger partial charge in [-0.05, 0) is 48.7 Å². The minimum atomic E-state index is 0.310. The van der Waals surface area contributed by atoms with E-state index in [2.05, 4.69) is 42.4 Å². The van der Waals surface area contributed by atoms with Crippen molar-refractivity contribution in [2.75, 3.05) is 0 Å². The van der Waals surface area contributed by atoms with E-state index < -0.39 is 0 Å². The molecule has 0 amide bonds. The third-order valence-electron chi connectivity index (χ3n) is 4.33. The van der Waals surface area contributed by atoms with Crippen molar-refractivity contribution in [1.29, 1.82) is 0 Å². The Morgan fingerprint density at radius 1 is 1.21 bits per heavy atom. The lowest BCUT2D eigenvalue weighted by molar-refractivity contribution is 0.714. The molecular formula is C20H19N3S. The molecule has 0 bridgehead atoms. The van der Waals surface area contributed by atoms with Crippen LogP contribution in [0.3, 0.4) is 0 Å². The van der Waals surface area contributed by atoms with Gasteiger partial charge in [-0.25, -0.2) is 4.98 Å². The number of fused-ring (bicyclic) bond motifs is 1. The van der Waals surface area contributed by atoms with Gasteiger partial charge < -0.3 is 0 Å². The molecule has 4 heteroatoms. The highest BCUT2D eigenvalue weighted by molar-refractivity contribution is 7.17. The number of aliphatic imine (C=N–C) groups is 1. The smallest absolute Gasteiger partial charge is 0.0898 e. The molecule has 0 aliphatic carbocycles. The van der Waals surface area contributed by atoms with Crippen molar-refractivity contribution >= 4 is 27.3 Å². The van der Waals surface area contributed by atoms with Crippen LogP contribution in [0.1, 0.15) is 31.0 Å². The van der Waals surface area contributed by atoms with Crippen LogP contribution in [0.5, 0.6) is 0 Å². The highest BCUT2D eigenvalue weighted by Crippen LogP contribution is 2.35. The van der Waals surface area contributed by atoms with Crippen LogP contribution >= 0.6 is 11.3 Å². The summed E-state index contributed by atoms with van der Waals surface area (Å²) in [4.78, 5) is 13.9. The summed E-state index contributed by atoms with van der Waals surface area (Å²) in [6, 6.07) is 6.54. The molecule has 0 N–H and O–H groups in total. The van der Waals surface area contributed by atoms with Gasteiger partial charge in [0.25, 0.3) is 0 Å². The molecule has 0 radical (unpaired) electrons. The van der Waals surface area contributed by atoms with Gasteiger partial charge >= 0.3 is 0 Å². The minimum Gasteiger partial charge on any atom is -0.276 e. The molecule has 4 heterocycles. The van der Waals surface area contributed by atoms with E-state index in [1.165, 1.54) is 15.8 Å². The largest absolute Gasteiger partial charge is 0.276 e.